The van der Waals surface area contributed by atoms with Crippen molar-refractivity contribution >= 4 is 40.7 Å². The van der Waals surface area contributed by atoms with Gasteiger partial charge in [0.2, 0.25) is 3.79 Å². The normalized spacial score (nSPS) is 13.5. The molecule has 0 saturated heterocycles. The minimum Gasteiger partial charge on any atom is -0.468 e. The molecule has 25 heavy (non-hydrogen) atoms. The molecule has 1 aromatic heterocycles. The van der Waals surface area contributed by atoms with Gasteiger partial charge in [0.1, 0.15) is 11.9 Å². The van der Waals surface area contributed by atoms with Gasteiger partial charge >= 0.3 is 0 Å². The first kappa shape index (κ1) is 20.1. The number of alkyl halides is 3. The van der Waals surface area contributed by atoms with Crippen molar-refractivity contribution in [3.63, 3.8) is 0 Å². The van der Waals surface area contributed by atoms with E-state index in [2.05, 4.69) is 31.4 Å². The maximum absolute atomic E-state index is 12.5. The average Bonchev–Trinajstić information content (AvgIpc) is 3.02. The molecule has 1 heterocycles. The van der Waals surface area contributed by atoms with Crippen LogP contribution in [-0.4, -0.2) is 15.9 Å². The van der Waals surface area contributed by atoms with Crippen LogP contribution in [0.25, 0.3) is 0 Å². The molecule has 0 radical (unpaired) electrons. The van der Waals surface area contributed by atoms with Crippen LogP contribution < -0.4 is 10.6 Å². The maximum atomic E-state index is 12.5. The number of rotatable bonds is 5. The number of amides is 1. The first-order valence-corrected chi connectivity index (χ1v) is 8.94. The molecule has 4 nitrogen and oxygen atoms in total. The summed E-state index contributed by atoms with van der Waals surface area (Å²) < 4.78 is 3.51. The molecule has 1 atom stereocenters. The monoisotopic (exact) mass is 402 g/mol. The molecular weight excluding hydrogens is 383 g/mol. The van der Waals surface area contributed by atoms with Crippen LogP contribution in [0.5, 0.6) is 0 Å². The fraction of sp³-hybridized carbons (Fsp3) is 0.389. The van der Waals surface area contributed by atoms with Crippen molar-refractivity contribution in [2.24, 2.45) is 0 Å². The molecule has 1 aromatic carbocycles. The molecule has 0 aliphatic carbocycles. The van der Waals surface area contributed by atoms with Crippen molar-refractivity contribution in [3.8, 4) is 0 Å². The Morgan fingerprint density at radius 2 is 1.76 bits per heavy atom. The van der Waals surface area contributed by atoms with Gasteiger partial charge in [-0.1, -0.05) is 67.7 Å². The fourth-order valence-corrected chi connectivity index (χ4v) is 2.60. The summed E-state index contributed by atoms with van der Waals surface area (Å²) in [6, 6.07) is 10.9. The number of carbonyl (C=O) groups is 1. The lowest BCUT2D eigenvalue weighted by molar-refractivity contribution is 0.0928. The smallest absolute Gasteiger partial charge is 0.252 e. The Bertz CT molecular complexity index is 687. The molecule has 136 valence electrons. The third-order valence-electron chi connectivity index (χ3n) is 3.68. The van der Waals surface area contributed by atoms with E-state index >= 15 is 0 Å². The van der Waals surface area contributed by atoms with Crippen LogP contribution in [0.3, 0.4) is 0 Å². The molecule has 7 heteroatoms. The number of nitrogens with one attached hydrogen (secondary N) is 2. The number of hydrogen-bond acceptors (Lipinski definition) is 3. The second-order valence-electron chi connectivity index (χ2n) is 6.74. The predicted octanol–water partition coefficient (Wildman–Crippen LogP) is 4.79. The molecule has 2 aromatic rings. The zero-order valence-corrected chi connectivity index (χ0v) is 16.5. The molecule has 0 saturated carbocycles. The third kappa shape index (κ3) is 5.93. The van der Waals surface area contributed by atoms with Crippen LogP contribution in [0, 0.1) is 0 Å². The van der Waals surface area contributed by atoms with Gasteiger partial charge < -0.3 is 9.73 Å². The minimum atomic E-state index is -1.71. The Kier molecular flexibility index (Phi) is 6.44. The predicted molar refractivity (Wildman–Crippen MR) is 102 cm³/mol. The van der Waals surface area contributed by atoms with Crippen LogP contribution in [0.4, 0.5) is 0 Å². The number of carbonyl (C=O) groups excluding carboxylic acids is 1. The molecular formula is C18H21Cl3N2O2. The minimum absolute atomic E-state index is 0.0136. The summed E-state index contributed by atoms with van der Waals surface area (Å²) in [6.07, 6.45) is 0.675. The number of benzene rings is 1. The van der Waals surface area contributed by atoms with E-state index < -0.39 is 9.96 Å². The maximum Gasteiger partial charge on any atom is 0.252 e. The van der Waals surface area contributed by atoms with E-state index in [0.29, 0.717) is 17.9 Å². The van der Waals surface area contributed by atoms with Crippen molar-refractivity contribution in [3.05, 3.63) is 59.5 Å². The highest BCUT2D eigenvalue weighted by Crippen LogP contribution is 2.29. The number of furan rings is 1. The van der Waals surface area contributed by atoms with Gasteiger partial charge in [0.15, 0.2) is 0 Å². The molecule has 0 aliphatic rings. The number of hydrogen-bond donors (Lipinski definition) is 2. The first-order valence-electron chi connectivity index (χ1n) is 7.81. The van der Waals surface area contributed by atoms with Gasteiger partial charge in [0, 0.05) is 5.56 Å². The van der Waals surface area contributed by atoms with Gasteiger partial charge in [0.05, 0.1) is 12.8 Å². The van der Waals surface area contributed by atoms with E-state index in [9.17, 15) is 4.79 Å². The van der Waals surface area contributed by atoms with E-state index in [-0.39, 0.29) is 11.3 Å². The molecule has 0 bridgehead atoms. The van der Waals surface area contributed by atoms with Crippen LogP contribution >= 0.6 is 34.8 Å². The van der Waals surface area contributed by atoms with Crippen molar-refractivity contribution < 1.29 is 9.21 Å². The Morgan fingerprint density at radius 1 is 1.12 bits per heavy atom. The van der Waals surface area contributed by atoms with E-state index in [1.165, 1.54) is 0 Å². The van der Waals surface area contributed by atoms with E-state index in [0.717, 1.165) is 5.56 Å². The Morgan fingerprint density at radius 3 is 2.24 bits per heavy atom. The summed E-state index contributed by atoms with van der Waals surface area (Å²) in [7, 11) is 0. The quantitative estimate of drug-likeness (QED) is 0.557. The second kappa shape index (κ2) is 8.00. The van der Waals surface area contributed by atoms with Crippen molar-refractivity contribution in [2.75, 3.05) is 0 Å². The standard InChI is InChI=1S/C18H21Cl3N2O2/c1-17(2,3)13-8-6-12(7-9-13)15(24)23-16(18(19,20)21)22-11-14-5-4-10-25-14/h4-10,16,22H,11H2,1-3H3,(H,23,24)/t16-/m1/s1. The Labute approximate surface area is 162 Å². The van der Waals surface area contributed by atoms with Gasteiger partial charge in [-0.3, -0.25) is 10.1 Å². The van der Waals surface area contributed by atoms with Crippen LogP contribution in [0.1, 0.15) is 42.5 Å². The fourth-order valence-electron chi connectivity index (χ4n) is 2.20. The zero-order valence-electron chi connectivity index (χ0n) is 14.3. The van der Waals surface area contributed by atoms with Crippen LogP contribution in [-0.2, 0) is 12.0 Å². The lowest BCUT2D eigenvalue weighted by Crippen LogP contribution is -2.53. The SMILES string of the molecule is CC(C)(C)c1ccc(C(=O)N[C@@H](NCc2ccco2)C(Cl)(Cl)Cl)cc1. The molecule has 2 N–H and O–H groups in total. The highest BCUT2D eigenvalue weighted by atomic mass is 35.6. The zero-order chi connectivity index (χ0) is 18.7. The van der Waals surface area contributed by atoms with E-state index in [1.54, 1.807) is 30.5 Å². The van der Waals surface area contributed by atoms with Crippen molar-refractivity contribution in [1.82, 2.24) is 10.6 Å². The van der Waals surface area contributed by atoms with E-state index in [1.807, 2.05) is 12.1 Å². The van der Waals surface area contributed by atoms with Gasteiger partial charge in [-0.05, 0) is 35.2 Å². The summed E-state index contributed by atoms with van der Waals surface area (Å²) in [5.74, 6) is 0.340. The molecule has 1 amide bonds. The first-order chi connectivity index (χ1) is 11.6. The third-order valence-corrected chi connectivity index (χ3v) is 4.33. The average molecular weight is 404 g/mol. The van der Waals surface area contributed by atoms with Gasteiger partial charge in [-0.25, -0.2) is 0 Å². The summed E-state index contributed by atoms with van der Waals surface area (Å²) >= 11 is 17.9. The summed E-state index contributed by atoms with van der Waals surface area (Å²) in [5, 5.41) is 5.68. The second-order valence-corrected chi connectivity index (χ2v) is 9.10. The van der Waals surface area contributed by atoms with Gasteiger partial charge in [-0.15, -0.1) is 0 Å². The van der Waals surface area contributed by atoms with Gasteiger partial charge in [-0.2, -0.15) is 0 Å². The summed E-state index contributed by atoms with van der Waals surface area (Å²) in [5.41, 5.74) is 1.64. The highest BCUT2D eigenvalue weighted by Gasteiger charge is 2.34. The molecule has 0 spiro atoms. The molecule has 0 fully saturated rings. The molecule has 0 unspecified atom stereocenters. The summed E-state index contributed by atoms with van der Waals surface area (Å²) in [6.45, 7) is 6.65. The van der Waals surface area contributed by atoms with Crippen LogP contribution in [0.15, 0.2) is 47.1 Å². The highest BCUT2D eigenvalue weighted by molar-refractivity contribution is 6.68. The largest absolute Gasteiger partial charge is 0.468 e. The lowest BCUT2D eigenvalue weighted by Gasteiger charge is -2.26. The summed E-state index contributed by atoms with van der Waals surface area (Å²) in [4.78, 5) is 12.5. The Hall–Kier alpha value is -1.20. The molecule has 0 aliphatic heterocycles. The lowest BCUT2D eigenvalue weighted by atomic mass is 9.87. The Balaban J connectivity index is 2.05. The molecule has 2 rings (SSSR count). The van der Waals surface area contributed by atoms with E-state index in [4.69, 9.17) is 39.2 Å². The number of halogens is 3. The van der Waals surface area contributed by atoms with Crippen LogP contribution in [0.2, 0.25) is 0 Å². The van der Waals surface area contributed by atoms with Crippen molar-refractivity contribution in [1.29, 1.82) is 0 Å². The van der Waals surface area contributed by atoms with Gasteiger partial charge in [0.25, 0.3) is 5.91 Å². The van der Waals surface area contributed by atoms with Crippen molar-refractivity contribution in [2.45, 2.75) is 42.7 Å². The topological polar surface area (TPSA) is 54.3 Å².